The van der Waals surface area contributed by atoms with Gasteiger partial charge in [0.2, 0.25) is 0 Å². The molecule has 0 spiro atoms. The number of ether oxygens (including phenoxy) is 3. The smallest absolute Gasteiger partial charge is 0.338 e. The molecule has 0 bridgehead atoms. The molecule has 8 nitrogen and oxygen atoms in total. The quantitative estimate of drug-likeness (QED) is 0.0892. The van der Waals surface area contributed by atoms with Gasteiger partial charge in [-0.2, -0.15) is 5.10 Å². The fraction of sp³-hybridized carbons (Fsp3) is 0.256. The summed E-state index contributed by atoms with van der Waals surface area (Å²) < 4.78 is 17.8. The summed E-state index contributed by atoms with van der Waals surface area (Å²) >= 11 is 0. The number of phenols is 2. The molecule has 266 valence electrons. The summed E-state index contributed by atoms with van der Waals surface area (Å²) in [6.07, 6.45) is 18.1. The van der Waals surface area contributed by atoms with Gasteiger partial charge in [-0.15, -0.1) is 0 Å². The van der Waals surface area contributed by atoms with Crippen molar-refractivity contribution in [1.82, 2.24) is 9.78 Å². The Bertz CT molecular complexity index is 1940. The van der Waals surface area contributed by atoms with Crippen LogP contribution in [0.25, 0.3) is 30.0 Å². The molecule has 4 rings (SSSR count). The molecule has 0 fully saturated rings. The van der Waals surface area contributed by atoms with Gasteiger partial charge in [0, 0.05) is 0 Å². The van der Waals surface area contributed by atoms with E-state index in [0.717, 1.165) is 48.2 Å². The summed E-state index contributed by atoms with van der Waals surface area (Å²) in [5, 5.41) is 24.8. The van der Waals surface area contributed by atoms with E-state index >= 15 is 0 Å². The molecule has 0 atom stereocenters. The Morgan fingerprint density at radius 1 is 0.706 bits per heavy atom. The van der Waals surface area contributed by atoms with Crippen LogP contribution in [0.1, 0.15) is 86.3 Å². The highest BCUT2D eigenvalue weighted by molar-refractivity contribution is 5.89. The summed E-state index contributed by atoms with van der Waals surface area (Å²) in [6.45, 7) is 8.71. The topological polar surface area (TPSA) is 103 Å². The van der Waals surface area contributed by atoms with Crippen LogP contribution in [0, 0.1) is 0 Å². The first-order chi connectivity index (χ1) is 24.6. The van der Waals surface area contributed by atoms with Gasteiger partial charge in [-0.3, -0.25) is 0 Å². The predicted octanol–water partition coefficient (Wildman–Crippen LogP) is 10.2. The second kappa shape index (κ2) is 18.9. The molecule has 51 heavy (non-hydrogen) atoms. The van der Waals surface area contributed by atoms with E-state index in [4.69, 9.17) is 19.3 Å². The first kappa shape index (κ1) is 38.0. The molecule has 0 aliphatic rings. The minimum absolute atomic E-state index is 0.0620. The monoisotopic (exact) mass is 688 g/mol. The fourth-order valence-electron chi connectivity index (χ4n) is 5.20. The van der Waals surface area contributed by atoms with Crippen LogP contribution in [0.3, 0.4) is 0 Å². The van der Waals surface area contributed by atoms with E-state index in [-0.39, 0.29) is 18.1 Å². The first-order valence-corrected chi connectivity index (χ1v) is 17.0. The van der Waals surface area contributed by atoms with Crippen molar-refractivity contribution in [3.8, 4) is 28.7 Å². The fourth-order valence-corrected chi connectivity index (χ4v) is 5.20. The summed E-state index contributed by atoms with van der Waals surface area (Å²) in [5.41, 5.74) is 8.25. The van der Waals surface area contributed by atoms with Gasteiger partial charge >= 0.3 is 5.97 Å². The normalized spacial score (nSPS) is 12.0. The number of aromatic nitrogens is 2. The number of nitrogens with zero attached hydrogens (tertiary/aromatic N) is 2. The molecule has 1 heterocycles. The van der Waals surface area contributed by atoms with Gasteiger partial charge in [-0.25, -0.2) is 9.48 Å². The maximum Gasteiger partial charge on any atom is 0.338 e. The van der Waals surface area contributed by atoms with Crippen molar-refractivity contribution in [2.24, 2.45) is 0 Å². The SMILES string of the molecule is COc1cc(/C=C/c2cc(/C=C/c3ccc(O)c(OC)c3)n(-c3ccc(C(=O)OC/C=C(\C)CC/C=C(\C)CCC=C(C)C)cc3)n2)ccc1O. The lowest BCUT2D eigenvalue weighted by Crippen LogP contribution is -2.06. The highest BCUT2D eigenvalue weighted by Gasteiger charge is 2.11. The lowest BCUT2D eigenvalue weighted by Gasteiger charge is -2.07. The molecule has 0 aliphatic heterocycles. The maximum atomic E-state index is 12.9. The Kier molecular flexibility index (Phi) is 14.1. The number of methoxy groups -OCH3 is 2. The average molecular weight is 689 g/mol. The van der Waals surface area contributed by atoms with Crippen LogP contribution >= 0.6 is 0 Å². The lowest BCUT2D eigenvalue weighted by molar-refractivity contribution is 0.0549. The third kappa shape index (κ3) is 11.7. The average Bonchev–Trinajstić information content (AvgIpc) is 3.53. The Balaban J connectivity index is 1.47. The van der Waals surface area contributed by atoms with Gasteiger partial charge < -0.3 is 24.4 Å². The van der Waals surface area contributed by atoms with Gasteiger partial charge in [0.1, 0.15) is 6.61 Å². The minimum Gasteiger partial charge on any atom is -0.504 e. The second-order valence-corrected chi connectivity index (χ2v) is 12.5. The second-order valence-electron chi connectivity index (χ2n) is 12.5. The molecule has 0 saturated carbocycles. The van der Waals surface area contributed by atoms with Gasteiger partial charge in [-0.1, -0.05) is 53.2 Å². The number of hydrogen-bond acceptors (Lipinski definition) is 7. The van der Waals surface area contributed by atoms with Crippen LogP contribution < -0.4 is 9.47 Å². The zero-order valence-corrected chi connectivity index (χ0v) is 30.3. The predicted molar refractivity (Wildman–Crippen MR) is 206 cm³/mol. The molecule has 4 aromatic rings. The summed E-state index contributed by atoms with van der Waals surface area (Å²) in [5.74, 6) is 0.489. The van der Waals surface area contributed by atoms with Crippen LogP contribution in [0.15, 0.2) is 102 Å². The van der Waals surface area contributed by atoms with Crippen molar-refractivity contribution >= 4 is 30.3 Å². The number of phenolic OH excluding ortho intramolecular Hbond substituents is 2. The molecular formula is C43H48N2O6. The highest BCUT2D eigenvalue weighted by atomic mass is 16.5. The molecule has 0 radical (unpaired) electrons. The van der Waals surface area contributed by atoms with Crippen molar-refractivity contribution in [1.29, 1.82) is 0 Å². The van der Waals surface area contributed by atoms with Gasteiger partial charge in [0.15, 0.2) is 23.0 Å². The van der Waals surface area contributed by atoms with Crippen LogP contribution in [0.5, 0.6) is 23.0 Å². The van der Waals surface area contributed by atoms with Gasteiger partial charge in [-0.05, 0) is 137 Å². The molecule has 8 heteroatoms. The van der Waals surface area contributed by atoms with Crippen LogP contribution in [0.2, 0.25) is 0 Å². The van der Waals surface area contributed by atoms with E-state index in [2.05, 4.69) is 39.8 Å². The number of carbonyl (C=O) groups excluding carboxylic acids is 1. The number of benzene rings is 3. The number of allylic oxidation sites excluding steroid dienone is 5. The van der Waals surface area contributed by atoms with Crippen molar-refractivity contribution in [2.45, 2.75) is 53.4 Å². The molecule has 2 N–H and O–H groups in total. The number of aromatic hydroxyl groups is 2. The molecule has 0 aliphatic carbocycles. The Labute approximate surface area is 301 Å². The van der Waals surface area contributed by atoms with Crippen molar-refractivity contribution < 1.29 is 29.2 Å². The van der Waals surface area contributed by atoms with Crippen LogP contribution in [-0.4, -0.2) is 46.8 Å². The molecule has 0 saturated heterocycles. The largest absolute Gasteiger partial charge is 0.504 e. The van der Waals surface area contributed by atoms with E-state index < -0.39 is 5.97 Å². The van der Waals surface area contributed by atoms with Crippen molar-refractivity contribution in [2.75, 3.05) is 20.8 Å². The van der Waals surface area contributed by atoms with E-state index in [0.29, 0.717) is 22.8 Å². The lowest BCUT2D eigenvalue weighted by atomic mass is 10.1. The van der Waals surface area contributed by atoms with Gasteiger partial charge in [0.05, 0.1) is 36.9 Å². The van der Waals surface area contributed by atoms with Crippen molar-refractivity contribution in [3.05, 3.63) is 130 Å². The third-order valence-electron chi connectivity index (χ3n) is 8.17. The highest BCUT2D eigenvalue weighted by Crippen LogP contribution is 2.29. The number of hydrogen-bond donors (Lipinski definition) is 2. The van der Waals surface area contributed by atoms with E-state index in [1.165, 1.54) is 30.9 Å². The Morgan fingerprint density at radius 3 is 1.86 bits per heavy atom. The van der Waals surface area contributed by atoms with Crippen LogP contribution in [-0.2, 0) is 4.74 Å². The minimum atomic E-state index is -0.393. The summed E-state index contributed by atoms with van der Waals surface area (Å²) in [4.78, 5) is 12.9. The van der Waals surface area contributed by atoms with E-state index in [1.54, 1.807) is 53.2 Å². The maximum absolute atomic E-state index is 12.9. The first-order valence-electron chi connectivity index (χ1n) is 17.0. The summed E-state index contributed by atoms with van der Waals surface area (Å²) in [6, 6.07) is 19.3. The summed E-state index contributed by atoms with van der Waals surface area (Å²) in [7, 11) is 3.01. The molecule has 0 amide bonds. The van der Waals surface area contributed by atoms with Gasteiger partial charge in [0.25, 0.3) is 0 Å². The number of esters is 1. The standard InChI is InChI=1S/C43H48N2O6/c1-30(2)9-7-10-31(3)11-8-12-32(4)25-26-51-43(48)35-17-21-37(22-18-35)45-38(20-14-34-16-24-40(47)42(28-34)50-6)29-36(44-45)19-13-33-15-23-39(46)41(27-33)49-5/h9,11,13-25,27-29,46-47H,7-8,10,12,26H2,1-6H3/b19-13+,20-14+,31-11+,32-25+. The molecule has 3 aromatic carbocycles. The zero-order chi connectivity index (χ0) is 36.8. The van der Waals surface area contributed by atoms with E-state index in [9.17, 15) is 15.0 Å². The molecule has 1 aromatic heterocycles. The molecular weight excluding hydrogens is 640 g/mol. The number of rotatable bonds is 16. The van der Waals surface area contributed by atoms with Crippen LogP contribution in [0.4, 0.5) is 0 Å². The Morgan fingerprint density at radius 2 is 1.27 bits per heavy atom. The third-order valence-corrected chi connectivity index (χ3v) is 8.17. The Hall–Kier alpha value is -5.76. The van der Waals surface area contributed by atoms with Crippen molar-refractivity contribution in [3.63, 3.8) is 0 Å². The number of carbonyl (C=O) groups is 1. The van der Waals surface area contributed by atoms with E-state index in [1.807, 2.05) is 48.6 Å². The molecule has 0 unspecified atom stereocenters. The zero-order valence-electron chi connectivity index (χ0n) is 30.3.